The van der Waals surface area contributed by atoms with Crippen molar-refractivity contribution in [3.63, 3.8) is 0 Å². The molecule has 0 radical (unpaired) electrons. The SMILES string of the molecule is CCCCCC(C)(C)N1CCNC(CF)C1. The van der Waals surface area contributed by atoms with Crippen LogP contribution in [0.5, 0.6) is 0 Å². The zero-order valence-corrected chi connectivity index (χ0v) is 11.1. The van der Waals surface area contributed by atoms with Gasteiger partial charge >= 0.3 is 0 Å². The second-order valence-corrected chi connectivity index (χ2v) is 5.52. The van der Waals surface area contributed by atoms with Gasteiger partial charge in [0.1, 0.15) is 6.67 Å². The minimum absolute atomic E-state index is 0.0409. The third kappa shape index (κ3) is 4.02. The molecule has 0 spiro atoms. The molecule has 1 aliphatic heterocycles. The van der Waals surface area contributed by atoms with E-state index in [0.717, 1.165) is 19.6 Å². The van der Waals surface area contributed by atoms with Crippen LogP contribution in [0.2, 0.25) is 0 Å². The van der Waals surface area contributed by atoms with Gasteiger partial charge in [-0.05, 0) is 20.3 Å². The molecule has 1 saturated heterocycles. The molecule has 1 atom stereocenters. The number of piperazine rings is 1. The van der Waals surface area contributed by atoms with Crippen LogP contribution in [-0.4, -0.2) is 42.8 Å². The largest absolute Gasteiger partial charge is 0.309 e. The molecule has 1 fully saturated rings. The summed E-state index contributed by atoms with van der Waals surface area (Å²) in [4.78, 5) is 2.45. The summed E-state index contributed by atoms with van der Waals surface area (Å²) in [6.07, 6.45) is 5.08. The highest BCUT2D eigenvalue weighted by atomic mass is 19.1. The van der Waals surface area contributed by atoms with E-state index < -0.39 is 0 Å². The topological polar surface area (TPSA) is 15.3 Å². The van der Waals surface area contributed by atoms with Gasteiger partial charge in [-0.2, -0.15) is 0 Å². The van der Waals surface area contributed by atoms with E-state index in [0.29, 0.717) is 0 Å². The van der Waals surface area contributed by atoms with E-state index in [4.69, 9.17) is 0 Å². The molecule has 0 bridgehead atoms. The van der Waals surface area contributed by atoms with Crippen LogP contribution in [-0.2, 0) is 0 Å². The summed E-state index contributed by atoms with van der Waals surface area (Å²) in [6.45, 7) is 9.40. The Balaban J connectivity index is 2.40. The van der Waals surface area contributed by atoms with Gasteiger partial charge in [0.2, 0.25) is 0 Å². The standard InChI is InChI=1S/C13H27FN2/c1-4-5-6-7-13(2,3)16-9-8-15-12(10-14)11-16/h12,15H,4-11H2,1-3H3. The Morgan fingerprint density at radius 3 is 2.75 bits per heavy atom. The van der Waals surface area contributed by atoms with E-state index in [1.807, 2.05) is 0 Å². The molecule has 0 amide bonds. The highest BCUT2D eigenvalue weighted by Gasteiger charge is 2.30. The zero-order valence-electron chi connectivity index (χ0n) is 11.1. The Morgan fingerprint density at radius 2 is 2.12 bits per heavy atom. The average molecular weight is 230 g/mol. The first-order valence-electron chi connectivity index (χ1n) is 6.64. The third-order valence-corrected chi connectivity index (χ3v) is 3.69. The molecule has 0 aliphatic carbocycles. The van der Waals surface area contributed by atoms with E-state index in [2.05, 4.69) is 31.0 Å². The Morgan fingerprint density at radius 1 is 1.38 bits per heavy atom. The first-order valence-corrected chi connectivity index (χ1v) is 6.64. The lowest BCUT2D eigenvalue weighted by atomic mass is 9.93. The lowest BCUT2D eigenvalue weighted by Gasteiger charge is -2.43. The molecule has 3 heteroatoms. The van der Waals surface area contributed by atoms with E-state index >= 15 is 0 Å². The van der Waals surface area contributed by atoms with Crippen molar-refractivity contribution in [1.29, 1.82) is 0 Å². The summed E-state index contributed by atoms with van der Waals surface area (Å²) in [5, 5.41) is 3.22. The third-order valence-electron chi connectivity index (χ3n) is 3.69. The van der Waals surface area contributed by atoms with Crippen LogP contribution in [0.25, 0.3) is 0 Å². The molecule has 1 heterocycles. The van der Waals surface area contributed by atoms with Gasteiger partial charge in [-0.1, -0.05) is 26.2 Å². The van der Waals surface area contributed by atoms with Crippen LogP contribution in [0.1, 0.15) is 46.5 Å². The molecule has 0 aromatic rings. The summed E-state index contributed by atoms with van der Waals surface area (Å²) >= 11 is 0. The highest BCUT2D eigenvalue weighted by Crippen LogP contribution is 2.23. The number of hydrogen-bond donors (Lipinski definition) is 1. The smallest absolute Gasteiger partial charge is 0.106 e. The van der Waals surface area contributed by atoms with Gasteiger partial charge in [0.25, 0.3) is 0 Å². The number of unbranched alkanes of at least 4 members (excludes halogenated alkanes) is 2. The molecular weight excluding hydrogens is 203 g/mol. The van der Waals surface area contributed by atoms with Crippen molar-refractivity contribution in [2.24, 2.45) is 0 Å². The second-order valence-electron chi connectivity index (χ2n) is 5.52. The second kappa shape index (κ2) is 6.55. The van der Waals surface area contributed by atoms with Crippen molar-refractivity contribution >= 4 is 0 Å². The maximum Gasteiger partial charge on any atom is 0.106 e. The van der Waals surface area contributed by atoms with Crippen molar-refractivity contribution in [2.45, 2.75) is 58.0 Å². The lowest BCUT2D eigenvalue weighted by molar-refractivity contribution is 0.0677. The maximum atomic E-state index is 12.7. The maximum absolute atomic E-state index is 12.7. The molecule has 1 unspecified atom stereocenters. The Labute approximate surface area is 99.6 Å². The van der Waals surface area contributed by atoms with Gasteiger partial charge in [-0.25, -0.2) is 4.39 Å². The minimum Gasteiger partial charge on any atom is -0.309 e. The molecule has 1 aliphatic rings. The molecular formula is C13H27FN2. The fraction of sp³-hybridized carbons (Fsp3) is 1.00. The minimum atomic E-state index is -0.248. The Hall–Kier alpha value is -0.150. The normalized spacial score (nSPS) is 23.6. The quantitative estimate of drug-likeness (QED) is 0.706. The fourth-order valence-electron chi connectivity index (χ4n) is 2.44. The summed E-state index contributed by atoms with van der Waals surface area (Å²) in [7, 11) is 0. The van der Waals surface area contributed by atoms with Gasteiger partial charge in [0, 0.05) is 31.2 Å². The molecule has 1 N–H and O–H groups in total. The summed E-state index contributed by atoms with van der Waals surface area (Å²) in [5.41, 5.74) is 0.227. The zero-order chi connectivity index (χ0) is 12.0. The van der Waals surface area contributed by atoms with Crippen LogP contribution >= 0.6 is 0 Å². The molecule has 16 heavy (non-hydrogen) atoms. The van der Waals surface area contributed by atoms with E-state index in [9.17, 15) is 4.39 Å². The summed E-state index contributed by atoms with van der Waals surface area (Å²) in [6, 6.07) is 0.0409. The van der Waals surface area contributed by atoms with E-state index in [1.54, 1.807) is 0 Å². The van der Waals surface area contributed by atoms with Crippen molar-refractivity contribution in [3.05, 3.63) is 0 Å². The molecule has 1 rings (SSSR count). The van der Waals surface area contributed by atoms with Crippen LogP contribution in [0.15, 0.2) is 0 Å². The first kappa shape index (κ1) is 13.9. The Kier molecular flexibility index (Phi) is 5.70. The van der Waals surface area contributed by atoms with E-state index in [-0.39, 0.29) is 18.3 Å². The van der Waals surface area contributed by atoms with Gasteiger partial charge in [0.05, 0.1) is 0 Å². The van der Waals surface area contributed by atoms with Gasteiger partial charge in [0.15, 0.2) is 0 Å². The van der Waals surface area contributed by atoms with Crippen LogP contribution in [0.4, 0.5) is 4.39 Å². The summed E-state index contributed by atoms with van der Waals surface area (Å²) < 4.78 is 12.7. The molecule has 96 valence electrons. The average Bonchev–Trinajstić information content (AvgIpc) is 2.29. The fourth-order valence-corrected chi connectivity index (χ4v) is 2.44. The number of rotatable bonds is 6. The number of hydrogen-bond acceptors (Lipinski definition) is 2. The number of nitrogens with one attached hydrogen (secondary N) is 1. The number of alkyl halides is 1. The van der Waals surface area contributed by atoms with Crippen molar-refractivity contribution in [1.82, 2.24) is 10.2 Å². The highest BCUT2D eigenvalue weighted by molar-refractivity contribution is 4.88. The van der Waals surface area contributed by atoms with Gasteiger partial charge in [-0.3, -0.25) is 4.90 Å². The van der Waals surface area contributed by atoms with Crippen LogP contribution < -0.4 is 5.32 Å². The van der Waals surface area contributed by atoms with Crippen LogP contribution in [0.3, 0.4) is 0 Å². The van der Waals surface area contributed by atoms with Crippen molar-refractivity contribution in [2.75, 3.05) is 26.3 Å². The number of halogens is 1. The monoisotopic (exact) mass is 230 g/mol. The van der Waals surface area contributed by atoms with Crippen LogP contribution in [0, 0.1) is 0 Å². The Bertz CT molecular complexity index is 194. The molecule has 0 saturated carbocycles. The number of nitrogens with zero attached hydrogens (tertiary/aromatic N) is 1. The van der Waals surface area contributed by atoms with Crippen molar-refractivity contribution in [3.8, 4) is 0 Å². The van der Waals surface area contributed by atoms with Crippen molar-refractivity contribution < 1.29 is 4.39 Å². The van der Waals surface area contributed by atoms with Gasteiger partial charge < -0.3 is 5.32 Å². The molecule has 0 aromatic heterocycles. The lowest BCUT2D eigenvalue weighted by Crippen LogP contribution is -2.58. The molecule has 2 nitrogen and oxygen atoms in total. The van der Waals surface area contributed by atoms with E-state index in [1.165, 1.54) is 25.7 Å². The van der Waals surface area contributed by atoms with Gasteiger partial charge in [-0.15, -0.1) is 0 Å². The molecule has 0 aromatic carbocycles. The first-order chi connectivity index (χ1) is 7.60. The predicted octanol–water partition coefficient (Wildman–Crippen LogP) is 2.59. The summed E-state index contributed by atoms with van der Waals surface area (Å²) in [5.74, 6) is 0. The predicted molar refractivity (Wildman–Crippen MR) is 67.6 cm³/mol.